The van der Waals surface area contributed by atoms with Gasteiger partial charge in [0.05, 0.1) is 17.6 Å². The number of rotatable bonds is 4. The van der Waals surface area contributed by atoms with Crippen molar-refractivity contribution < 1.29 is 9.90 Å². The van der Waals surface area contributed by atoms with Gasteiger partial charge >= 0.3 is 5.97 Å². The molecule has 0 radical (unpaired) electrons. The first-order valence-electron chi connectivity index (χ1n) is 6.33. The molecule has 0 aliphatic carbocycles. The molecule has 0 aromatic carbocycles. The zero-order valence-electron chi connectivity index (χ0n) is 10.9. The van der Waals surface area contributed by atoms with Gasteiger partial charge in [-0.1, -0.05) is 0 Å². The SMILES string of the molecule is Cc1ncc(N2CCC(CCC(=O)O)C2)nc1C. The Bertz CT molecular complexity index is 448. The lowest BCUT2D eigenvalue weighted by Crippen LogP contribution is -2.21. The van der Waals surface area contributed by atoms with Crippen LogP contribution in [0, 0.1) is 19.8 Å². The normalized spacial score (nSPS) is 19.2. The first-order valence-corrected chi connectivity index (χ1v) is 6.33. The lowest BCUT2D eigenvalue weighted by Gasteiger charge is -2.17. The van der Waals surface area contributed by atoms with E-state index in [1.54, 1.807) is 0 Å². The Labute approximate surface area is 107 Å². The minimum absolute atomic E-state index is 0.261. The quantitative estimate of drug-likeness (QED) is 0.881. The Morgan fingerprint density at radius 1 is 1.50 bits per heavy atom. The van der Waals surface area contributed by atoms with E-state index < -0.39 is 5.97 Å². The maximum absolute atomic E-state index is 10.6. The van der Waals surface area contributed by atoms with Crippen LogP contribution in [0.25, 0.3) is 0 Å². The van der Waals surface area contributed by atoms with Gasteiger partial charge in [-0.3, -0.25) is 9.78 Å². The minimum Gasteiger partial charge on any atom is -0.481 e. The van der Waals surface area contributed by atoms with E-state index in [1.165, 1.54) is 0 Å². The summed E-state index contributed by atoms with van der Waals surface area (Å²) in [5, 5.41) is 8.69. The van der Waals surface area contributed by atoms with E-state index in [0.717, 1.165) is 43.1 Å². The Morgan fingerprint density at radius 2 is 2.28 bits per heavy atom. The van der Waals surface area contributed by atoms with Crippen LogP contribution in [0.2, 0.25) is 0 Å². The molecule has 1 fully saturated rings. The second kappa shape index (κ2) is 5.33. The van der Waals surface area contributed by atoms with E-state index in [0.29, 0.717) is 5.92 Å². The first kappa shape index (κ1) is 12.8. The molecule has 2 rings (SSSR count). The molecule has 0 saturated carbocycles. The number of aryl methyl sites for hydroxylation is 2. The summed E-state index contributed by atoms with van der Waals surface area (Å²) < 4.78 is 0. The van der Waals surface area contributed by atoms with Crippen LogP contribution in [0.4, 0.5) is 5.82 Å². The van der Waals surface area contributed by atoms with Crippen molar-refractivity contribution in [1.29, 1.82) is 0 Å². The number of carbonyl (C=O) groups is 1. The fourth-order valence-electron chi connectivity index (χ4n) is 2.29. The molecule has 1 unspecified atom stereocenters. The first-order chi connectivity index (χ1) is 8.56. The maximum Gasteiger partial charge on any atom is 0.303 e. The van der Waals surface area contributed by atoms with Gasteiger partial charge in [0.1, 0.15) is 5.82 Å². The number of hydrogen-bond donors (Lipinski definition) is 1. The Morgan fingerprint density at radius 3 is 2.94 bits per heavy atom. The third-order valence-corrected chi connectivity index (χ3v) is 3.56. The van der Waals surface area contributed by atoms with Gasteiger partial charge in [0, 0.05) is 19.5 Å². The van der Waals surface area contributed by atoms with Crippen LogP contribution in [-0.4, -0.2) is 34.1 Å². The predicted octanol–water partition coefficient (Wildman–Crippen LogP) is 1.78. The van der Waals surface area contributed by atoms with Crippen LogP contribution < -0.4 is 4.90 Å². The summed E-state index contributed by atoms with van der Waals surface area (Å²) in [6.45, 7) is 5.75. The van der Waals surface area contributed by atoms with Crippen molar-refractivity contribution >= 4 is 11.8 Å². The number of anilines is 1. The van der Waals surface area contributed by atoms with Crippen LogP contribution in [0.3, 0.4) is 0 Å². The van der Waals surface area contributed by atoms with E-state index in [2.05, 4.69) is 14.9 Å². The average molecular weight is 249 g/mol. The fraction of sp³-hybridized carbons (Fsp3) is 0.615. The van der Waals surface area contributed by atoms with Crippen LogP contribution >= 0.6 is 0 Å². The van der Waals surface area contributed by atoms with E-state index in [9.17, 15) is 4.79 Å². The molecule has 2 heterocycles. The van der Waals surface area contributed by atoms with Gasteiger partial charge in [0.25, 0.3) is 0 Å². The van der Waals surface area contributed by atoms with E-state index in [4.69, 9.17) is 5.11 Å². The van der Waals surface area contributed by atoms with Crippen LogP contribution in [0.15, 0.2) is 6.20 Å². The Hall–Kier alpha value is -1.65. The Balaban J connectivity index is 1.95. The molecule has 1 aliphatic rings. The predicted molar refractivity (Wildman–Crippen MR) is 68.7 cm³/mol. The van der Waals surface area contributed by atoms with E-state index in [-0.39, 0.29) is 6.42 Å². The topological polar surface area (TPSA) is 66.3 Å². The number of carboxylic acid groups (broad SMARTS) is 1. The number of aliphatic carboxylic acids is 1. The van der Waals surface area contributed by atoms with Gasteiger partial charge in [0.15, 0.2) is 0 Å². The molecule has 0 bridgehead atoms. The van der Waals surface area contributed by atoms with Gasteiger partial charge < -0.3 is 10.0 Å². The molecule has 5 nitrogen and oxygen atoms in total. The summed E-state index contributed by atoms with van der Waals surface area (Å²) in [7, 11) is 0. The van der Waals surface area contributed by atoms with Crippen LogP contribution in [-0.2, 0) is 4.79 Å². The molecule has 5 heteroatoms. The highest BCUT2D eigenvalue weighted by Crippen LogP contribution is 2.25. The largest absolute Gasteiger partial charge is 0.481 e. The molecular formula is C13H19N3O2. The molecule has 0 amide bonds. The number of carboxylic acids is 1. The highest BCUT2D eigenvalue weighted by Gasteiger charge is 2.24. The zero-order valence-corrected chi connectivity index (χ0v) is 10.9. The monoisotopic (exact) mass is 249 g/mol. The molecule has 1 aromatic heterocycles. The highest BCUT2D eigenvalue weighted by molar-refractivity contribution is 5.66. The van der Waals surface area contributed by atoms with E-state index >= 15 is 0 Å². The van der Waals surface area contributed by atoms with Crippen LogP contribution in [0.5, 0.6) is 0 Å². The lowest BCUT2D eigenvalue weighted by atomic mass is 10.0. The average Bonchev–Trinajstić information content (AvgIpc) is 2.79. The summed E-state index contributed by atoms with van der Waals surface area (Å²) in [6.07, 6.45) is 3.87. The van der Waals surface area contributed by atoms with Gasteiger partial charge in [-0.05, 0) is 32.6 Å². The van der Waals surface area contributed by atoms with Crippen molar-refractivity contribution in [2.75, 3.05) is 18.0 Å². The van der Waals surface area contributed by atoms with Crippen LogP contribution in [0.1, 0.15) is 30.7 Å². The fourth-order valence-corrected chi connectivity index (χ4v) is 2.29. The molecule has 0 spiro atoms. The summed E-state index contributed by atoms with van der Waals surface area (Å²) in [6, 6.07) is 0. The third-order valence-electron chi connectivity index (χ3n) is 3.56. The summed E-state index contributed by atoms with van der Waals surface area (Å²) >= 11 is 0. The molecule has 18 heavy (non-hydrogen) atoms. The highest BCUT2D eigenvalue weighted by atomic mass is 16.4. The minimum atomic E-state index is -0.709. The van der Waals surface area contributed by atoms with Gasteiger partial charge in [-0.2, -0.15) is 0 Å². The molecule has 1 N–H and O–H groups in total. The number of hydrogen-bond acceptors (Lipinski definition) is 4. The molecular weight excluding hydrogens is 230 g/mol. The van der Waals surface area contributed by atoms with Crippen molar-refractivity contribution in [2.45, 2.75) is 33.1 Å². The summed E-state index contributed by atoms with van der Waals surface area (Å²) in [5.74, 6) is 0.667. The number of aromatic nitrogens is 2. The summed E-state index contributed by atoms with van der Waals surface area (Å²) in [4.78, 5) is 21.6. The van der Waals surface area contributed by atoms with Crippen molar-refractivity contribution in [2.24, 2.45) is 5.92 Å². The molecule has 1 aromatic rings. The second-order valence-electron chi connectivity index (χ2n) is 4.93. The molecule has 1 saturated heterocycles. The van der Waals surface area contributed by atoms with Gasteiger partial charge in [0.2, 0.25) is 0 Å². The van der Waals surface area contributed by atoms with Crippen molar-refractivity contribution in [3.63, 3.8) is 0 Å². The van der Waals surface area contributed by atoms with Gasteiger partial charge in [-0.25, -0.2) is 4.98 Å². The van der Waals surface area contributed by atoms with Gasteiger partial charge in [-0.15, -0.1) is 0 Å². The molecule has 98 valence electrons. The van der Waals surface area contributed by atoms with Crippen molar-refractivity contribution in [3.05, 3.63) is 17.6 Å². The Kier molecular flexibility index (Phi) is 3.79. The van der Waals surface area contributed by atoms with E-state index in [1.807, 2.05) is 20.0 Å². The molecule has 1 atom stereocenters. The zero-order chi connectivity index (χ0) is 13.1. The second-order valence-corrected chi connectivity index (χ2v) is 4.93. The standard InChI is InChI=1S/C13H19N3O2/c1-9-10(2)15-12(7-14-9)16-6-5-11(8-16)3-4-13(17)18/h7,11H,3-6,8H2,1-2H3,(H,17,18). The maximum atomic E-state index is 10.6. The molecule has 1 aliphatic heterocycles. The number of nitrogens with zero attached hydrogens (tertiary/aromatic N) is 3. The van der Waals surface area contributed by atoms with Crippen molar-refractivity contribution in [3.8, 4) is 0 Å². The van der Waals surface area contributed by atoms with Crippen molar-refractivity contribution in [1.82, 2.24) is 9.97 Å². The smallest absolute Gasteiger partial charge is 0.303 e. The lowest BCUT2D eigenvalue weighted by molar-refractivity contribution is -0.137. The summed E-state index contributed by atoms with van der Waals surface area (Å²) in [5.41, 5.74) is 1.92. The third kappa shape index (κ3) is 2.97.